The van der Waals surface area contributed by atoms with Gasteiger partial charge in [0.2, 0.25) is 0 Å². The number of hydrogen-bond donors (Lipinski definition) is 1. The zero-order chi connectivity index (χ0) is 11.6. The van der Waals surface area contributed by atoms with E-state index in [-0.39, 0.29) is 0 Å². The highest BCUT2D eigenvalue weighted by atomic mass is 19.3. The van der Waals surface area contributed by atoms with Gasteiger partial charge in [-0.1, -0.05) is 0 Å². The predicted molar refractivity (Wildman–Crippen MR) is 57.6 cm³/mol. The first-order chi connectivity index (χ1) is 7.61. The van der Waals surface area contributed by atoms with Crippen LogP contribution in [-0.2, 0) is 4.74 Å². The monoisotopic (exact) mass is 234 g/mol. The highest BCUT2D eigenvalue weighted by Gasteiger charge is 2.40. The van der Waals surface area contributed by atoms with E-state index in [1.54, 1.807) is 0 Å². The van der Waals surface area contributed by atoms with Gasteiger partial charge in [0.05, 0.1) is 0 Å². The average Bonchev–Trinajstić information content (AvgIpc) is 2.42. The molecule has 0 bridgehead atoms. The third-order valence-electron chi connectivity index (χ3n) is 3.55. The van der Waals surface area contributed by atoms with Crippen LogP contribution >= 0.6 is 0 Å². The van der Waals surface area contributed by atoms with E-state index < -0.39 is 18.3 Å². The van der Waals surface area contributed by atoms with Crippen LogP contribution in [0.15, 0.2) is 0 Å². The maximum absolute atomic E-state index is 12.7. The molecular weight excluding hydrogens is 214 g/mol. The first-order valence-electron chi connectivity index (χ1n) is 6.01. The first-order valence-corrected chi connectivity index (χ1v) is 6.01. The molecular formula is C11H20F2N2O. The van der Waals surface area contributed by atoms with Gasteiger partial charge in [-0.2, -0.15) is 0 Å². The van der Waals surface area contributed by atoms with Crippen LogP contribution in [0.2, 0.25) is 0 Å². The molecule has 5 heteroatoms. The number of nitrogens with one attached hydrogen (secondary N) is 1. The second-order valence-electron chi connectivity index (χ2n) is 4.86. The molecule has 1 N–H and O–H groups in total. The maximum Gasteiger partial charge on any atom is 0.264 e. The molecule has 2 heterocycles. The van der Waals surface area contributed by atoms with Gasteiger partial charge in [0.15, 0.2) is 0 Å². The van der Waals surface area contributed by atoms with Crippen molar-refractivity contribution in [1.82, 2.24) is 10.2 Å². The van der Waals surface area contributed by atoms with Crippen molar-refractivity contribution in [2.45, 2.75) is 43.9 Å². The Bertz CT molecular complexity index is 240. The quantitative estimate of drug-likeness (QED) is 0.743. The third-order valence-corrected chi connectivity index (χ3v) is 3.55. The Morgan fingerprint density at radius 1 is 1.38 bits per heavy atom. The van der Waals surface area contributed by atoms with Gasteiger partial charge in [0.25, 0.3) is 6.43 Å². The molecule has 2 unspecified atom stereocenters. The van der Waals surface area contributed by atoms with Crippen molar-refractivity contribution in [2.75, 3.05) is 26.7 Å². The SMILES string of the molecule is CN1CCCC2(CC1)NCCC(C(F)F)O2. The van der Waals surface area contributed by atoms with Gasteiger partial charge in [0.1, 0.15) is 11.8 Å². The number of nitrogens with zero attached hydrogens (tertiary/aromatic N) is 1. The van der Waals surface area contributed by atoms with Crippen LogP contribution in [0.4, 0.5) is 8.78 Å². The molecule has 3 nitrogen and oxygen atoms in total. The van der Waals surface area contributed by atoms with E-state index in [1.165, 1.54) is 0 Å². The second-order valence-corrected chi connectivity index (χ2v) is 4.86. The van der Waals surface area contributed by atoms with E-state index in [2.05, 4.69) is 17.3 Å². The summed E-state index contributed by atoms with van der Waals surface area (Å²) in [5.74, 6) is 0. The minimum Gasteiger partial charge on any atom is -0.351 e. The molecule has 0 amide bonds. The summed E-state index contributed by atoms with van der Waals surface area (Å²) < 4.78 is 31.0. The second kappa shape index (κ2) is 4.94. The van der Waals surface area contributed by atoms with Crippen LogP contribution in [0.25, 0.3) is 0 Å². The van der Waals surface area contributed by atoms with Crippen LogP contribution in [0.1, 0.15) is 25.7 Å². The van der Waals surface area contributed by atoms with Gasteiger partial charge in [-0.15, -0.1) is 0 Å². The van der Waals surface area contributed by atoms with Crippen molar-refractivity contribution in [3.05, 3.63) is 0 Å². The molecule has 1 spiro atoms. The van der Waals surface area contributed by atoms with Crippen molar-refractivity contribution in [3.8, 4) is 0 Å². The van der Waals surface area contributed by atoms with Gasteiger partial charge in [-0.3, -0.25) is 5.32 Å². The highest BCUT2D eigenvalue weighted by molar-refractivity contribution is 4.88. The molecule has 2 rings (SSSR count). The smallest absolute Gasteiger partial charge is 0.264 e. The van der Waals surface area contributed by atoms with E-state index in [9.17, 15) is 8.78 Å². The molecule has 94 valence electrons. The summed E-state index contributed by atoms with van der Waals surface area (Å²) in [6.07, 6.45) is -0.202. The summed E-state index contributed by atoms with van der Waals surface area (Å²) >= 11 is 0. The Morgan fingerprint density at radius 2 is 2.19 bits per heavy atom. The molecule has 0 aromatic rings. The Kier molecular flexibility index (Phi) is 3.77. The van der Waals surface area contributed by atoms with Crippen LogP contribution in [0, 0.1) is 0 Å². The Hall–Kier alpha value is -0.260. The number of hydrogen-bond acceptors (Lipinski definition) is 3. The molecule has 0 saturated carbocycles. The largest absolute Gasteiger partial charge is 0.351 e. The summed E-state index contributed by atoms with van der Waals surface area (Å²) in [7, 11) is 2.06. The van der Waals surface area contributed by atoms with E-state index >= 15 is 0 Å². The molecule has 2 saturated heterocycles. The lowest BCUT2D eigenvalue weighted by Gasteiger charge is -2.41. The summed E-state index contributed by atoms with van der Waals surface area (Å²) in [4.78, 5) is 2.23. The fraction of sp³-hybridized carbons (Fsp3) is 1.00. The zero-order valence-electron chi connectivity index (χ0n) is 9.72. The predicted octanol–water partition coefficient (Wildman–Crippen LogP) is 1.44. The minimum absolute atomic E-state index is 0.412. The Labute approximate surface area is 95.1 Å². The number of halogens is 2. The molecule has 2 atom stereocenters. The van der Waals surface area contributed by atoms with Crippen LogP contribution in [0.3, 0.4) is 0 Å². The van der Waals surface area contributed by atoms with Crippen LogP contribution in [-0.4, -0.2) is 49.8 Å². The molecule has 16 heavy (non-hydrogen) atoms. The van der Waals surface area contributed by atoms with Gasteiger partial charge in [0, 0.05) is 19.5 Å². The van der Waals surface area contributed by atoms with E-state index in [0.29, 0.717) is 13.0 Å². The van der Waals surface area contributed by atoms with Crippen LogP contribution < -0.4 is 5.32 Å². The molecule has 2 aliphatic heterocycles. The first kappa shape index (κ1) is 12.2. The Balaban J connectivity index is 2.00. The molecule has 0 aromatic carbocycles. The number of alkyl halides is 2. The number of rotatable bonds is 1. The molecule has 2 fully saturated rings. The van der Waals surface area contributed by atoms with E-state index in [0.717, 1.165) is 32.4 Å². The van der Waals surface area contributed by atoms with E-state index in [4.69, 9.17) is 4.74 Å². The molecule has 0 radical (unpaired) electrons. The Morgan fingerprint density at radius 3 is 2.94 bits per heavy atom. The molecule has 0 aliphatic carbocycles. The van der Waals surface area contributed by atoms with Gasteiger partial charge in [-0.05, 0) is 32.9 Å². The normalized spacial score (nSPS) is 37.9. The van der Waals surface area contributed by atoms with Crippen molar-refractivity contribution in [2.24, 2.45) is 0 Å². The van der Waals surface area contributed by atoms with Crippen molar-refractivity contribution in [1.29, 1.82) is 0 Å². The molecule has 2 aliphatic rings. The molecule has 0 aromatic heterocycles. The third kappa shape index (κ3) is 2.70. The zero-order valence-corrected chi connectivity index (χ0v) is 9.72. The highest BCUT2D eigenvalue weighted by Crippen LogP contribution is 2.30. The summed E-state index contributed by atoms with van der Waals surface area (Å²) in [5.41, 5.74) is -0.496. The number of likely N-dealkylation sites (tertiary alicyclic amines) is 1. The maximum atomic E-state index is 12.7. The summed E-state index contributed by atoms with van der Waals surface area (Å²) in [6.45, 7) is 2.56. The fourth-order valence-electron chi connectivity index (χ4n) is 2.55. The van der Waals surface area contributed by atoms with Crippen LogP contribution in [0.5, 0.6) is 0 Å². The van der Waals surface area contributed by atoms with E-state index in [1.807, 2.05) is 0 Å². The topological polar surface area (TPSA) is 24.5 Å². The van der Waals surface area contributed by atoms with Gasteiger partial charge >= 0.3 is 0 Å². The van der Waals surface area contributed by atoms with Gasteiger partial charge < -0.3 is 9.64 Å². The fourth-order valence-corrected chi connectivity index (χ4v) is 2.55. The van der Waals surface area contributed by atoms with Crippen molar-refractivity contribution in [3.63, 3.8) is 0 Å². The van der Waals surface area contributed by atoms with Gasteiger partial charge in [-0.25, -0.2) is 8.78 Å². The van der Waals surface area contributed by atoms with Crippen molar-refractivity contribution < 1.29 is 13.5 Å². The lowest BCUT2D eigenvalue weighted by atomic mass is 10.0. The summed E-state index contributed by atoms with van der Waals surface area (Å²) in [6, 6.07) is 0. The lowest BCUT2D eigenvalue weighted by molar-refractivity contribution is -0.188. The standard InChI is InChI=1S/C11H20F2N2O/c1-15-7-2-4-11(5-8-15)14-6-3-9(16-11)10(12)13/h9-10,14H,2-8H2,1H3. The average molecular weight is 234 g/mol. The minimum atomic E-state index is -2.36. The number of ether oxygens (including phenoxy) is 1. The van der Waals surface area contributed by atoms with Crippen molar-refractivity contribution >= 4 is 0 Å². The lowest BCUT2D eigenvalue weighted by Crippen LogP contribution is -2.56. The summed E-state index contributed by atoms with van der Waals surface area (Å²) in [5, 5.41) is 3.30.